The summed E-state index contributed by atoms with van der Waals surface area (Å²) in [6.07, 6.45) is -0.141. The summed E-state index contributed by atoms with van der Waals surface area (Å²) < 4.78 is 31.2. The monoisotopic (exact) mass is 180 g/mol. The van der Waals surface area contributed by atoms with E-state index in [1.807, 2.05) is 0 Å². The molecule has 0 atom stereocenters. The second kappa shape index (κ2) is 3.69. The molecule has 3 heteroatoms. The first-order valence-corrected chi connectivity index (χ1v) is 4.16. The summed E-state index contributed by atoms with van der Waals surface area (Å²) in [5.74, 6) is -2.75. The van der Waals surface area contributed by atoms with Gasteiger partial charge in [-0.3, -0.25) is 0 Å². The minimum Gasteiger partial charge on any atom is -0.373 e. The molecule has 0 aliphatic heterocycles. The highest BCUT2D eigenvalue weighted by Crippen LogP contribution is 2.35. The van der Waals surface area contributed by atoms with Crippen molar-refractivity contribution >= 4 is 0 Å². The molecule has 0 amide bonds. The molecule has 0 bridgehead atoms. The third kappa shape index (κ3) is 3.48. The molecule has 12 heavy (non-hydrogen) atoms. The summed E-state index contributed by atoms with van der Waals surface area (Å²) in [5.41, 5.74) is -1.03. The van der Waals surface area contributed by atoms with Crippen LogP contribution in [0.4, 0.5) is 8.78 Å². The molecular weight excluding hydrogens is 162 g/mol. The van der Waals surface area contributed by atoms with Crippen molar-refractivity contribution in [2.75, 3.05) is 6.61 Å². The molecule has 0 fully saturated rings. The Hall–Kier alpha value is -0.180. The molecule has 0 aromatic rings. The summed E-state index contributed by atoms with van der Waals surface area (Å²) in [7, 11) is 0. The minimum atomic E-state index is -2.75. The SMILES string of the molecule is CC(C)OCC(F)(F)C(C)(C)C. The highest BCUT2D eigenvalue weighted by molar-refractivity contribution is 4.81. The predicted octanol–water partition coefficient (Wildman–Crippen LogP) is 3.09. The Kier molecular flexibility index (Phi) is 3.63. The lowest BCUT2D eigenvalue weighted by molar-refractivity contribution is -0.155. The zero-order chi connectivity index (χ0) is 9.99. The van der Waals surface area contributed by atoms with Crippen LogP contribution in [0, 0.1) is 5.41 Å². The van der Waals surface area contributed by atoms with E-state index in [0.29, 0.717) is 0 Å². The zero-order valence-electron chi connectivity index (χ0n) is 8.45. The molecule has 0 heterocycles. The van der Waals surface area contributed by atoms with Crippen LogP contribution in [0.15, 0.2) is 0 Å². The first-order valence-electron chi connectivity index (χ1n) is 4.16. The number of hydrogen-bond donors (Lipinski definition) is 0. The maximum atomic E-state index is 13.2. The number of hydrogen-bond acceptors (Lipinski definition) is 1. The van der Waals surface area contributed by atoms with Gasteiger partial charge in [0.05, 0.1) is 6.10 Å². The summed E-state index contributed by atoms with van der Waals surface area (Å²) in [4.78, 5) is 0. The zero-order valence-corrected chi connectivity index (χ0v) is 8.45. The number of alkyl halides is 2. The normalized spacial score (nSPS) is 14.0. The maximum Gasteiger partial charge on any atom is 0.275 e. The van der Waals surface area contributed by atoms with Gasteiger partial charge in [-0.1, -0.05) is 20.8 Å². The predicted molar refractivity (Wildman–Crippen MR) is 45.5 cm³/mol. The standard InChI is InChI=1S/C9H18F2O/c1-7(2)12-6-9(10,11)8(3,4)5/h7H,6H2,1-5H3. The Bertz CT molecular complexity index is 136. The van der Waals surface area contributed by atoms with E-state index in [-0.39, 0.29) is 6.10 Å². The quantitative estimate of drug-likeness (QED) is 0.648. The van der Waals surface area contributed by atoms with Crippen molar-refractivity contribution in [2.24, 2.45) is 5.41 Å². The average Bonchev–Trinajstić information content (AvgIpc) is 1.81. The number of ether oxygens (including phenoxy) is 1. The van der Waals surface area contributed by atoms with Crippen molar-refractivity contribution in [3.8, 4) is 0 Å². The Balaban J connectivity index is 4.05. The van der Waals surface area contributed by atoms with Crippen molar-refractivity contribution in [1.29, 1.82) is 0 Å². The van der Waals surface area contributed by atoms with Crippen LogP contribution in [0.5, 0.6) is 0 Å². The minimum absolute atomic E-state index is 0.141. The van der Waals surface area contributed by atoms with Gasteiger partial charge in [-0.25, -0.2) is 8.78 Å². The van der Waals surface area contributed by atoms with Crippen molar-refractivity contribution in [1.82, 2.24) is 0 Å². The highest BCUT2D eigenvalue weighted by Gasteiger charge is 2.43. The van der Waals surface area contributed by atoms with Gasteiger partial charge in [-0.2, -0.15) is 0 Å². The molecule has 0 aliphatic carbocycles. The van der Waals surface area contributed by atoms with Gasteiger partial charge in [-0.05, 0) is 13.8 Å². The Morgan fingerprint density at radius 3 is 1.83 bits per heavy atom. The van der Waals surface area contributed by atoms with Crippen molar-refractivity contribution in [3.05, 3.63) is 0 Å². The fourth-order valence-corrected chi connectivity index (χ4v) is 0.488. The molecule has 0 N–H and O–H groups in total. The maximum absolute atomic E-state index is 13.2. The van der Waals surface area contributed by atoms with Crippen molar-refractivity contribution in [3.63, 3.8) is 0 Å². The van der Waals surface area contributed by atoms with E-state index in [4.69, 9.17) is 4.74 Å². The Morgan fingerprint density at radius 1 is 1.17 bits per heavy atom. The molecule has 1 nitrogen and oxygen atoms in total. The average molecular weight is 180 g/mol. The fraction of sp³-hybridized carbons (Fsp3) is 1.00. The van der Waals surface area contributed by atoms with Gasteiger partial charge < -0.3 is 4.74 Å². The van der Waals surface area contributed by atoms with E-state index in [0.717, 1.165) is 0 Å². The molecule has 0 saturated heterocycles. The van der Waals surface area contributed by atoms with Crippen molar-refractivity contribution in [2.45, 2.75) is 46.6 Å². The van der Waals surface area contributed by atoms with Crippen LogP contribution >= 0.6 is 0 Å². The summed E-state index contributed by atoms with van der Waals surface area (Å²) >= 11 is 0. The lowest BCUT2D eigenvalue weighted by atomic mass is 9.88. The van der Waals surface area contributed by atoms with Gasteiger partial charge in [0.2, 0.25) is 0 Å². The van der Waals surface area contributed by atoms with Gasteiger partial charge in [0.15, 0.2) is 0 Å². The van der Waals surface area contributed by atoms with Gasteiger partial charge in [0.25, 0.3) is 5.92 Å². The van der Waals surface area contributed by atoms with E-state index >= 15 is 0 Å². The number of rotatable bonds is 3. The van der Waals surface area contributed by atoms with Crippen LogP contribution in [0.1, 0.15) is 34.6 Å². The Labute approximate surface area is 73.1 Å². The van der Waals surface area contributed by atoms with Crippen LogP contribution in [0.3, 0.4) is 0 Å². The first kappa shape index (κ1) is 11.8. The highest BCUT2D eigenvalue weighted by atomic mass is 19.3. The third-order valence-electron chi connectivity index (χ3n) is 1.70. The lowest BCUT2D eigenvalue weighted by Gasteiger charge is -2.30. The molecule has 0 aromatic heterocycles. The van der Waals surface area contributed by atoms with Crippen molar-refractivity contribution < 1.29 is 13.5 Å². The largest absolute Gasteiger partial charge is 0.373 e. The van der Waals surface area contributed by atoms with Gasteiger partial charge >= 0.3 is 0 Å². The van der Waals surface area contributed by atoms with Gasteiger partial charge in [-0.15, -0.1) is 0 Å². The van der Waals surface area contributed by atoms with E-state index in [9.17, 15) is 8.78 Å². The molecule has 0 unspecified atom stereocenters. The van der Waals surface area contributed by atoms with E-state index < -0.39 is 17.9 Å². The topological polar surface area (TPSA) is 9.23 Å². The molecular formula is C9H18F2O. The van der Waals surface area contributed by atoms with Crippen LogP contribution in [-0.2, 0) is 4.74 Å². The second-order valence-electron chi connectivity index (χ2n) is 4.31. The van der Waals surface area contributed by atoms with Gasteiger partial charge in [0, 0.05) is 5.41 Å². The summed E-state index contributed by atoms with van der Waals surface area (Å²) in [5, 5.41) is 0. The fourth-order valence-electron chi connectivity index (χ4n) is 0.488. The number of halogens is 2. The lowest BCUT2D eigenvalue weighted by Crippen LogP contribution is -2.39. The van der Waals surface area contributed by atoms with Crippen LogP contribution in [-0.4, -0.2) is 18.6 Å². The summed E-state index contributed by atoms with van der Waals surface area (Å²) in [6.45, 7) is 7.54. The van der Waals surface area contributed by atoms with E-state index in [1.54, 1.807) is 13.8 Å². The molecule has 0 rings (SSSR count). The smallest absolute Gasteiger partial charge is 0.275 e. The Morgan fingerprint density at radius 2 is 1.58 bits per heavy atom. The van der Waals surface area contributed by atoms with Gasteiger partial charge in [0.1, 0.15) is 6.61 Å². The molecule has 0 aliphatic rings. The first-order chi connectivity index (χ1) is 5.17. The molecule has 0 radical (unpaired) electrons. The second-order valence-corrected chi connectivity index (χ2v) is 4.31. The summed E-state index contributed by atoms with van der Waals surface area (Å²) in [6, 6.07) is 0. The van der Waals surface area contributed by atoms with Crippen LogP contribution < -0.4 is 0 Å². The third-order valence-corrected chi connectivity index (χ3v) is 1.70. The molecule has 0 spiro atoms. The van der Waals surface area contributed by atoms with Crippen LogP contribution in [0.25, 0.3) is 0 Å². The molecule has 0 aromatic carbocycles. The van der Waals surface area contributed by atoms with E-state index in [2.05, 4.69) is 0 Å². The van der Waals surface area contributed by atoms with E-state index in [1.165, 1.54) is 20.8 Å². The van der Waals surface area contributed by atoms with Crippen LogP contribution in [0.2, 0.25) is 0 Å². The molecule has 0 saturated carbocycles. The molecule has 74 valence electrons.